The highest BCUT2D eigenvalue weighted by Gasteiger charge is 2.36. The Morgan fingerprint density at radius 3 is 2.43 bits per heavy atom. The van der Waals surface area contributed by atoms with Crippen LogP contribution in [0.25, 0.3) is 0 Å². The third-order valence-corrected chi connectivity index (χ3v) is 6.31. The Labute approximate surface area is 132 Å². The second kappa shape index (κ2) is 8.21. The molecule has 2 aliphatic rings. The van der Waals surface area contributed by atoms with Crippen LogP contribution in [0.4, 0.5) is 0 Å². The van der Waals surface area contributed by atoms with Gasteiger partial charge in [-0.3, -0.25) is 0 Å². The average molecular weight is 290 g/mol. The van der Waals surface area contributed by atoms with E-state index in [9.17, 15) is 5.26 Å². The van der Waals surface area contributed by atoms with Gasteiger partial charge in [0.1, 0.15) is 0 Å². The summed E-state index contributed by atoms with van der Waals surface area (Å²) in [6.45, 7) is 4.49. The molecule has 2 atom stereocenters. The maximum Gasteiger partial charge on any atom is 0.0686 e. The molecule has 0 radical (unpaired) electrons. The number of unbranched alkanes of at least 4 members (excludes halogenated alkanes) is 3. The Bertz CT molecular complexity index is 334. The molecule has 1 nitrogen and oxygen atoms in total. The van der Waals surface area contributed by atoms with Crippen LogP contribution in [0.5, 0.6) is 0 Å². The predicted molar refractivity (Wildman–Crippen MR) is 89.9 cm³/mol. The fourth-order valence-electron chi connectivity index (χ4n) is 4.85. The Morgan fingerprint density at radius 1 is 1.00 bits per heavy atom. The summed E-state index contributed by atoms with van der Waals surface area (Å²) >= 11 is 0. The molecule has 2 unspecified atom stereocenters. The molecule has 0 N–H and O–H groups in total. The molecule has 2 rings (SSSR count). The van der Waals surface area contributed by atoms with Gasteiger partial charge in [0, 0.05) is 0 Å². The average Bonchev–Trinajstić information content (AvgIpc) is 2.52. The van der Waals surface area contributed by atoms with Crippen LogP contribution < -0.4 is 0 Å². The van der Waals surface area contributed by atoms with E-state index in [-0.39, 0.29) is 5.41 Å². The van der Waals surface area contributed by atoms with E-state index >= 15 is 0 Å². The summed E-state index contributed by atoms with van der Waals surface area (Å²) in [5, 5.41) is 9.40. The molecule has 0 bridgehead atoms. The smallest absolute Gasteiger partial charge is 0.0686 e. The molecule has 2 aliphatic carbocycles. The molecule has 2 saturated carbocycles. The highest BCUT2D eigenvalue weighted by atomic mass is 14.4. The lowest BCUT2D eigenvalue weighted by Gasteiger charge is -2.40. The number of rotatable bonds is 6. The van der Waals surface area contributed by atoms with E-state index in [2.05, 4.69) is 19.9 Å². The minimum atomic E-state index is -0.0140. The molecule has 120 valence electrons. The molecule has 0 saturated heterocycles. The van der Waals surface area contributed by atoms with Crippen LogP contribution in [-0.4, -0.2) is 0 Å². The molecule has 0 heterocycles. The van der Waals surface area contributed by atoms with Crippen LogP contribution in [-0.2, 0) is 0 Å². The van der Waals surface area contributed by atoms with Gasteiger partial charge in [-0.25, -0.2) is 0 Å². The van der Waals surface area contributed by atoms with Gasteiger partial charge in [0.25, 0.3) is 0 Å². The molecular formula is C20H35N. The van der Waals surface area contributed by atoms with Gasteiger partial charge in [0.2, 0.25) is 0 Å². The van der Waals surface area contributed by atoms with Crippen molar-refractivity contribution in [1.82, 2.24) is 0 Å². The van der Waals surface area contributed by atoms with Crippen LogP contribution in [0, 0.1) is 34.5 Å². The molecule has 0 spiro atoms. The zero-order chi connectivity index (χ0) is 15.1. The topological polar surface area (TPSA) is 23.8 Å². The molecular weight excluding hydrogens is 254 g/mol. The van der Waals surface area contributed by atoms with Gasteiger partial charge in [-0.15, -0.1) is 0 Å². The summed E-state index contributed by atoms with van der Waals surface area (Å²) in [5.74, 6) is 2.80. The van der Waals surface area contributed by atoms with Crippen LogP contribution in [0.3, 0.4) is 0 Å². The maximum absolute atomic E-state index is 9.40. The molecule has 0 aromatic carbocycles. The summed E-state index contributed by atoms with van der Waals surface area (Å²) in [7, 11) is 0. The number of nitriles is 1. The van der Waals surface area contributed by atoms with Gasteiger partial charge in [-0.2, -0.15) is 5.26 Å². The van der Waals surface area contributed by atoms with E-state index in [4.69, 9.17) is 0 Å². The minimum Gasteiger partial charge on any atom is -0.198 e. The molecule has 0 aliphatic heterocycles. The van der Waals surface area contributed by atoms with Gasteiger partial charge in [0.05, 0.1) is 11.5 Å². The van der Waals surface area contributed by atoms with Crippen molar-refractivity contribution in [2.45, 2.75) is 97.3 Å². The highest BCUT2D eigenvalue weighted by Crippen LogP contribution is 2.46. The zero-order valence-corrected chi connectivity index (χ0v) is 14.4. The lowest BCUT2D eigenvalue weighted by Crippen LogP contribution is -2.30. The molecule has 1 heteroatoms. The van der Waals surface area contributed by atoms with Crippen molar-refractivity contribution in [3.05, 3.63) is 0 Å². The second-order valence-electron chi connectivity index (χ2n) is 8.16. The number of nitrogens with zero attached hydrogens (tertiary/aromatic N) is 1. The van der Waals surface area contributed by atoms with Crippen molar-refractivity contribution in [1.29, 1.82) is 5.26 Å². The Balaban J connectivity index is 1.70. The van der Waals surface area contributed by atoms with Crippen molar-refractivity contribution >= 4 is 0 Å². The summed E-state index contributed by atoms with van der Waals surface area (Å²) in [6, 6.07) is 2.60. The molecule has 0 amide bonds. The largest absolute Gasteiger partial charge is 0.198 e. The Hall–Kier alpha value is -0.510. The van der Waals surface area contributed by atoms with Gasteiger partial charge < -0.3 is 0 Å². The maximum atomic E-state index is 9.40. The van der Waals surface area contributed by atoms with E-state index in [0.717, 1.165) is 24.2 Å². The first-order valence-corrected chi connectivity index (χ1v) is 9.58. The standard InChI is InChI=1S/C20H35N/c1-3-4-5-6-8-17-10-12-18(13-11-17)19-9-7-14-20(2,15-19)16-21/h17-19H,3-15H2,1-2H3. The first-order valence-electron chi connectivity index (χ1n) is 9.58. The van der Waals surface area contributed by atoms with Gasteiger partial charge in [0.15, 0.2) is 0 Å². The van der Waals surface area contributed by atoms with Crippen LogP contribution >= 0.6 is 0 Å². The molecule has 21 heavy (non-hydrogen) atoms. The van der Waals surface area contributed by atoms with Crippen molar-refractivity contribution in [2.24, 2.45) is 23.2 Å². The quantitative estimate of drug-likeness (QED) is 0.513. The third-order valence-electron chi connectivity index (χ3n) is 6.31. The fraction of sp³-hybridized carbons (Fsp3) is 0.950. The van der Waals surface area contributed by atoms with Gasteiger partial charge in [-0.05, 0) is 50.4 Å². The lowest BCUT2D eigenvalue weighted by molar-refractivity contribution is 0.117. The summed E-state index contributed by atoms with van der Waals surface area (Å²) in [5.41, 5.74) is -0.0140. The first kappa shape index (κ1) is 16.9. The SMILES string of the molecule is CCCCCCC1CCC(C2CCCC(C)(C#N)C2)CC1. The van der Waals surface area contributed by atoms with E-state index in [1.54, 1.807) is 0 Å². The minimum absolute atomic E-state index is 0.0140. The highest BCUT2D eigenvalue weighted by molar-refractivity contribution is 5.00. The Morgan fingerprint density at radius 2 is 1.76 bits per heavy atom. The van der Waals surface area contributed by atoms with E-state index in [0.29, 0.717) is 0 Å². The van der Waals surface area contributed by atoms with Gasteiger partial charge in [-0.1, -0.05) is 64.7 Å². The van der Waals surface area contributed by atoms with Crippen molar-refractivity contribution in [3.63, 3.8) is 0 Å². The summed E-state index contributed by atoms with van der Waals surface area (Å²) in [4.78, 5) is 0. The molecule has 0 aromatic rings. The second-order valence-corrected chi connectivity index (χ2v) is 8.16. The van der Waals surface area contributed by atoms with Crippen LogP contribution in [0.1, 0.15) is 97.3 Å². The summed E-state index contributed by atoms with van der Waals surface area (Å²) < 4.78 is 0. The normalized spacial score (nSPS) is 37.1. The van der Waals surface area contributed by atoms with E-state index < -0.39 is 0 Å². The number of hydrogen-bond acceptors (Lipinski definition) is 1. The predicted octanol–water partition coefficient (Wildman–Crippen LogP) is 6.48. The number of hydrogen-bond donors (Lipinski definition) is 0. The van der Waals surface area contributed by atoms with Crippen molar-refractivity contribution in [3.8, 4) is 6.07 Å². The van der Waals surface area contributed by atoms with E-state index in [1.165, 1.54) is 77.0 Å². The lowest BCUT2D eigenvalue weighted by atomic mass is 9.64. The molecule has 2 fully saturated rings. The first-order chi connectivity index (χ1) is 10.2. The summed E-state index contributed by atoms with van der Waals surface area (Å²) in [6.07, 6.45) is 18.0. The van der Waals surface area contributed by atoms with Crippen molar-refractivity contribution in [2.75, 3.05) is 0 Å². The Kier molecular flexibility index (Phi) is 6.59. The van der Waals surface area contributed by atoms with Crippen molar-refractivity contribution < 1.29 is 0 Å². The molecule has 0 aromatic heterocycles. The van der Waals surface area contributed by atoms with Crippen LogP contribution in [0.15, 0.2) is 0 Å². The van der Waals surface area contributed by atoms with Crippen LogP contribution in [0.2, 0.25) is 0 Å². The van der Waals surface area contributed by atoms with E-state index in [1.807, 2.05) is 0 Å². The zero-order valence-electron chi connectivity index (χ0n) is 14.4. The van der Waals surface area contributed by atoms with Gasteiger partial charge >= 0.3 is 0 Å². The fourth-order valence-corrected chi connectivity index (χ4v) is 4.85. The monoisotopic (exact) mass is 289 g/mol. The third kappa shape index (κ3) is 5.01.